The highest BCUT2D eigenvalue weighted by Gasteiger charge is 2.17. The van der Waals surface area contributed by atoms with Crippen LogP contribution in [0.25, 0.3) is 0 Å². The van der Waals surface area contributed by atoms with Crippen LogP contribution in [0.2, 0.25) is 0 Å². The van der Waals surface area contributed by atoms with Gasteiger partial charge in [-0.25, -0.2) is 4.99 Å². The lowest BCUT2D eigenvalue weighted by molar-refractivity contribution is 0.290. The van der Waals surface area contributed by atoms with Gasteiger partial charge in [-0.3, -0.25) is 5.73 Å². The van der Waals surface area contributed by atoms with E-state index in [4.69, 9.17) is 23.1 Å². The number of amidine groups is 1. The van der Waals surface area contributed by atoms with Gasteiger partial charge in [0.1, 0.15) is 11.0 Å². The van der Waals surface area contributed by atoms with E-state index in [2.05, 4.69) is 4.99 Å². The van der Waals surface area contributed by atoms with E-state index in [9.17, 15) is 0 Å². The van der Waals surface area contributed by atoms with Gasteiger partial charge in [-0.1, -0.05) is 11.6 Å². The smallest absolute Gasteiger partial charge is 0.176 e. The summed E-state index contributed by atoms with van der Waals surface area (Å²) in [5, 5.41) is 0.549. The summed E-state index contributed by atoms with van der Waals surface area (Å²) in [6, 6.07) is 0. The van der Waals surface area contributed by atoms with Gasteiger partial charge in [-0.05, 0) is 6.92 Å². The molecule has 0 aromatic rings. The summed E-state index contributed by atoms with van der Waals surface area (Å²) in [4.78, 5) is 5.67. The average molecular weight is 303 g/mol. The minimum atomic E-state index is -0.433. The molecule has 1 rings (SSSR count). The molecule has 4 nitrogen and oxygen atoms in total. The minimum Gasteiger partial charge on any atom is -0.384 e. The van der Waals surface area contributed by atoms with Gasteiger partial charge >= 0.3 is 0 Å². The lowest BCUT2D eigenvalue weighted by atomic mass is 10.4. The van der Waals surface area contributed by atoms with Crippen LogP contribution in [-0.2, 0) is 0 Å². The van der Waals surface area contributed by atoms with Gasteiger partial charge in [0.05, 0.1) is 0 Å². The molecular weight excluding hydrogens is 290 g/mol. The third-order valence-corrected chi connectivity index (χ3v) is 1.81. The van der Waals surface area contributed by atoms with Crippen LogP contribution in [0.15, 0.2) is 16.2 Å². The molecule has 0 aromatic carbocycles. The van der Waals surface area contributed by atoms with Gasteiger partial charge in [0.15, 0.2) is 6.29 Å². The average Bonchev–Trinajstić information content (AvgIpc) is 1.85. The number of nitrogens with two attached hydrogens (primary N) is 2. The third-order valence-electron chi connectivity index (χ3n) is 1.48. The molecule has 1 unspecified atom stereocenters. The zero-order chi connectivity index (χ0) is 8.43. The zero-order valence-corrected chi connectivity index (χ0v) is 9.78. The van der Waals surface area contributed by atoms with Crippen molar-refractivity contribution in [2.24, 2.45) is 16.5 Å². The normalized spacial score (nSPS) is 22.6. The second-order valence-electron chi connectivity index (χ2n) is 2.22. The molecule has 0 fully saturated rings. The summed E-state index contributed by atoms with van der Waals surface area (Å²) < 4.78 is 0. The van der Waals surface area contributed by atoms with Gasteiger partial charge in [-0.15, -0.1) is 24.0 Å². The highest BCUT2D eigenvalue weighted by atomic mass is 127. The van der Waals surface area contributed by atoms with Gasteiger partial charge < -0.3 is 10.6 Å². The van der Waals surface area contributed by atoms with E-state index in [1.54, 1.807) is 11.0 Å². The van der Waals surface area contributed by atoms with Crippen molar-refractivity contribution in [2.45, 2.75) is 13.2 Å². The van der Waals surface area contributed by atoms with Crippen LogP contribution in [0, 0.1) is 0 Å². The van der Waals surface area contributed by atoms with Crippen LogP contribution in [0.5, 0.6) is 0 Å². The molecule has 0 bridgehead atoms. The highest BCUT2D eigenvalue weighted by Crippen LogP contribution is 2.15. The van der Waals surface area contributed by atoms with Crippen molar-refractivity contribution >= 4 is 41.4 Å². The molecule has 0 amide bonds. The van der Waals surface area contributed by atoms with Crippen molar-refractivity contribution in [3.05, 3.63) is 11.2 Å². The predicted molar refractivity (Wildman–Crippen MR) is 61.3 cm³/mol. The Balaban J connectivity index is 0.00000121. The molecular formula is C6H12ClIN4. The first-order valence-electron chi connectivity index (χ1n) is 3.38. The molecule has 1 aliphatic rings. The third kappa shape index (κ3) is 2.49. The lowest BCUT2D eigenvalue weighted by Gasteiger charge is -2.28. The summed E-state index contributed by atoms with van der Waals surface area (Å²) >= 11 is 5.82. The largest absolute Gasteiger partial charge is 0.384 e. The van der Waals surface area contributed by atoms with Gasteiger partial charge in [0.2, 0.25) is 0 Å². The van der Waals surface area contributed by atoms with Crippen molar-refractivity contribution in [1.29, 1.82) is 0 Å². The Hall–Kier alpha value is -0.0100. The van der Waals surface area contributed by atoms with E-state index in [0.29, 0.717) is 11.0 Å². The molecule has 70 valence electrons. The molecule has 0 saturated heterocycles. The van der Waals surface area contributed by atoms with Crippen LogP contribution >= 0.6 is 35.6 Å². The molecule has 0 aliphatic carbocycles. The Morgan fingerprint density at radius 2 is 2.33 bits per heavy atom. The molecule has 0 spiro atoms. The van der Waals surface area contributed by atoms with Gasteiger partial charge in [0.25, 0.3) is 0 Å². The molecule has 0 saturated carbocycles. The van der Waals surface area contributed by atoms with E-state index in [0.717, 1.165) is 6.54 Å². The fourth-order valence-electron chi connectivity index (χ4n) is 0.929. The van der Waals surface area contributed by atoms with Crippen LogP contribution in [0.1, 0.15) is 6.92 Å². The Morgan fingerprint density at radius 3 is 2.75 bits per heavy atom. The molecule has 6 heteroatoms. The fourth-order valence-corrected chi connectivity index (χ4v) is 1.26. The summed E-state index contributed by atoms with van der Waals surface area (Å²) in [5.74, 6) is 0.382. The highest BCUT2D eigenvalue weighted by molar-refractivity contribution is 14.0. The fraction of sp³-hybridized carbons (Fsp3) is 0.500. The molecule has 4 N–H and O–H groups in total. The van der Waals surface area contributed by atoms with Crippen LogP contribution in [0.4, 0.5) is 0 Å². The number of aliphatic imine (C=N–C) groups is 1. The zero-order valence-electron chi connectivity index (χ0n) is 6.70. The first-order chi connectivity index (χ1) is 5.15. The lowest BCUT2D eigenvalue weighted by Crippen LogP contribution is -2.42. The standard InChI is InChI=1S/C6H11ClN4.HI/c1-2-11-4(7)3-5(8)10-6(11)9;/h3,6H,2,9H2,1H3,(H2,8,10);1H. The summed E-state index contributed by atoms with van der Waals surface area (Å²) in [7, 11) is 0. The molecule has 0 radical (unpaired) electrons. The van der Waals surface area contributed by atoms with E-state index >= 15 is 0 Å². The Morgan fingerprint density at radius 1 is 1.75 bits per heavy atom. The van der Waals surface area contributed by atoms with Crippen molar-refractivity contribution < 1.29 is 0 Å². The molecule has 1 atom stereocenters. The number of halogens is 2. The topological polar surface area (TPSA) is 67.6 Å². The van der Waals surface area contributed by atoms with E-state index in [-0.39, 0.29) is 24.0 Å². The van der Waals surface area contributed by atoms with Crippen molar-refractivity contribution in [3.63, 3.8) is 0 Å². The van der Waals surface area contributed by atoms with Crippen LogP contribution in [-0.4, -0.2) is 23.6 Å². The second-order valence-corrected chi connectivity index (χ2v) is 2.61. The predicted octanol–water partition coefficient (Wildman–Crippen LogP) is 0.620. The summed E-state index contributed by atoms with van der Waals surface area (Å²) in [5.41, 5.74) is 11.0. The number of hydrogen-bond donors (Lipinski definition) is 2. The number of rotatable bonds is 1. The van der Waals surface area contributed by atoms with Crippen LogP contribution < -0.4 is 11.5 Å². The van der Waals surface area contributed by atoms with E-state index in [1.807, 2.05) is 6.92 Å². The first kappa shape index (κ1) is 12.0. The van der Waals surface area contributed by atoms with Gasteiger partial charge in [-0.2, -0.15) is 0 Å². The summed E-state index contributed by atoms with van der Waals surface area (Å²) in [6.45, 7) is 2.68. The SMILES string of the molecule is CCN1C(Cl)=CC(N)=NC1N.I. The van der Waals surface area contributed by atoms with E-state index < -0.39 is 6.29 Å². The van der Waals surface area contributed by atoms with Crippen molar-refractivity contribution in [2.75, 3.05) is 6.54 Å². The van der Waals surface area contributed by atoms with Crippen molar-refractivity contribution in [1.82, 2.24) is 4.90 Å². The molecule has 0 aromatic heterocycles. The number of nitrogens with zero attached hydrogens (tertiary/aromatic N) is 2. The quantitative estimate of drug-likeness (QED) is 0.551. The Kier molecular flexibility index (Phi) is 4.88. The first-order valence-corrected chi connectivity index (χ1v) is 3.75. The monoisotopic (exact) mass is 302 g/mol. The van der Waals surface area contributed by atoms with E-state index in [1.165, 1.54) is 0 Å². The van der Waals surface area contributed by atoms with Crippen molar-refractivity contribution in [3.8, 4) is 0 Å². The molecule has 1 aliphatic heterocycles. The molecule has 1 heterocycles. The Bertz CT molecular complexity index is 216. The molecule has 12 heavy (non-hydrogen) atoms. The second kappa shape index (κ2) is 4.88. The Labute approximate surface area is 93.7 Å². The maximum absolute atomic E-state index is 5.82. The number of hydrogen-bond acceptors (Lipinski definition) is 4. The maximum atomic E-state index is 5.82. The maximum Gasteiger partial charge on any atom is 0.176 e. The minimum absolute atomic E-state index is 0. The van der Waals surface area contributed by atoms with Gasteiger partial charge in [0, 0.05) is 12.6 Å². The summed E-state index contributed by atoms with van der Waals surface area (Å²) in [6.07, 6.45) is 1.16. The van der Waals surface area contributed by atoms with Crippen LogP contribution in [0.3, 0.4) is 0 Å².